The Hall–Kier alpha value is -2.07. The van der Waals surface area contributed by atoms with E-state index in [-0.39, 0.29) is 5.78 Å². The second-order valence-corrected chi connectivity index (χ2v) is 5.43. The molecule has 98 valence electrons. The highest BCUT2D eigenvalue weighted by Gasteiger charge is 2.09. The zero-order valence-electron chi connectivity index (χ0n) is 10.8. The quantitative estimate of drug-likeness (QED) is 0.526. The molecule has 0 saturated heterocycles. The maximum Gasteiger partial charge on any atom is 0.189 e. The van der Waals surface area contributed by atoms with Crippen molar-refractivity contribution < 1.29 is 9.53 Å². The summed E-state index contributed by atoms with van der Waals surface area (Å²) in [5.74, 6) is 0.403. The van der Waals surface area contributed by atoms with E-state index < -0.39 is 0 Å². The van der Waals surface area contributed by atoms with Crippen molar-refractivity contribution in [3.8, 4) is 5.75 Å². The summed E-state index contributed by atoms with van der Waals surface area (Å²) in [5, 5.41) is 0. The van der Waals surface area contributed by atoms with Gasteiger partial charge in [-0.15, -0.1) is 11.3 Å². The van der Waals surface area contributed by atoms with Crippen molar-refractivity contribution in [1.29, 1.82) is 0 Å². The molecular formula is C15H15NO2S. The number of nitrogens with two attached hydrogens (primary N) is 1. The van der Waals surface area contributed by atoms with Gasteiger partial charge in [-0.25, -0.2) is 0 Å². The number of ketones is 1. The summed E-state index contributed by atoms with van der Waals surface area (Å²) < 4.78 is 5.17. The fourth-order valence-electron chi connectivity index (χ4n) is 1.70. The summed E-state index contributed by atoms with van der Waals surface area (Å²) in [5.41, 5.74) is 6.75. The first-order valence-electron chi connectivity index (χ1n) is 5.82. The van der Waals surface area contributed by atoms with Gasteiger partial charge < -0.3 is 10.5 Å². The number of carbonyl (C=O) groups excluding carboxylic acids is 1. The lowest BCUT2D eigenvalue weighted by Crippen LogP contribution is -1.99. The average molecular weight is 273 g/mol. The van der Waals surface area contributed by atoms with E-state index in [1.807, 2.05) is 25.1 Å². The topological polar surface area (TPSA) is 52.3 Å². The highest BCUT2D eigenvalue weighted by atomic mass is 32.1. The molecule has 0 saturated carbocycles. The minimum absolute atomic E-state index is 0.0945. The van der Waals surface area contributed by atoms with E-state index in [1.165, 1.54) is 12.0 Å². The Morgan fingerprint density at radius 1 is 1.32 bits per heavy atom. The predicted molar refractivity (Wildman–Crippen MR) is 79.8 cm³/mol. The van der Waals surface area contributed by atoms with Crippen molar-refractivity contribution in [3.63, 3.8) is 0 Å². The van der Waals surface area contributed by atoms with Crippen LogP contribution in [0, 0.1) is 6.92 Å². The normalized spacial score (nSPS) is 10.8. The van der Waals surface area contributed by atoms with Gasteiger partial charge in [-0.05, 0) is 43.3 Å². The third kappa shape index (κ3) is 3.23. The molecule has 1 aromatic heterocycles. The second kappa shape index (κ2) is 5.71. The molecule has 0 aliphatic carbocycles. The van der Waals surface area contributed by atoms with Gasteiger partial charge in [0.15, 0.2) is 5.78 Å². The summed E-state index contributed by atoms with van der Waals surface area (Å²) in [6, 6.07) is 9.04. The van der Waals surface area contributed by atoms with Crippen LogP contribution in [0.2, 0.25) is 0 Å². The SMILES string of the molecule is COc1cc(N)ccc1C(=O)/C=C/c1ccc(C)s1. The molecule has 19 heavy (non-hydrogen) atoms. The molecule has 0 fully saturated rings. The first-order valence-corrected chi connectivity index (χ1v) is 6.64. The summed E-state index contributed by atoms with van der Waals surface area (Å²) in [4.78, 5) is 14.4. The number of allylic oxidation sites excluding steroid dienone is 1. The zero-order valence-corrected chi connectivity index (χ0v) is 11.7. The van der Waals surface area contributed by atoms with E-state index in [2.05, 4.69) is 0 Å². The molecule has 0 amide bonds. The Morgan fingerprint density at radius 2 is 2.11 bits per heavy atom. The Kier molecular flexibility index (Phi) is 4.02. The number of methoxy groups -OCH3 is 1. The van der Waals surface area contributed by atoms with Crippen LogP contribution >= 0.6 is 11.3 Å². The molecular weight excluding hydrogens is 258 g/mol. The highest BCUT2D eigenvalue weighted by molar-refractivity contribution is 7.12. The maximum absolute atomic E-state index is 12.1. The number of rotatable bonds is 4. The number of nitrogen functional groups attached to an aromatic ring is 1. The monoisotopic (exact) mass is 273 g/mol. The Bertz CT molecular complexity index is 629. The third-order valence-corrected chi connectivity index (χ3v) is 3.62. The second-order valence-electron chi connectivity index (χ2n) is 4.11. The molecule has 2 rings (SSSR count). The number of benzene rings is 1. The molecule has 0 aliphatic heterocycles. The first kappa shape index (κ1) is 13.4. The number of thiophene rings is 1. The Morgan fingerprint density at radius 3 is 2.74 bits per heavy atom. The molecule has 3 nitrogen and oxygen atoms in total. The number of carbonyl (C=O) groups is 1. The van der Waals surface area contributed by atoms with Gasteiger partial charge in [-0.2, -0.15) is 0 Å². The van der Waals surface area contributed by atoms with Crippen molar-refractivity contribution >= 4 is 28.9 Å². The van der Waals surface area contributed by atoms with E-state index in [4.69, 9.17) is 10.5 Å². The van der Waals surface area contributed by atoms with E-state index in [0.717, 1.165) is 4.88 Å². The van der Waals surface area contributed by atoms with Gasteiger partial charge in [0.2, 0.25) is 0 Å². The highest BCUT2D eigenvalue weighted by Crippen LogP contribution is 2.23. The van der Waals surface area contributed by atoms with Crippen molar-refractivity contribution in [3.05, 3.63) is 51.7 Å². The number of hydrogen-bond donors (Lipinski definition) is 1. The van der Waals surface area contributed by atoms with Crippen LogP contribution in [-0.2, 0) is 0 Å². The standard InChI is InChI=1S/C15H15NO2S/c1-10-3-5-12(19-10)6-8-14(17)13-7-4-11(16)9-15(13)18-2/h3-9H,16H2,1-2H3/b8-6+. The van der Waals surface area contributed by atoms with Crippen LogP contribution in [-0.4, -0.2) is 12.9 Å². The largest absolute Gasteiger partial charge is 0.496 e. The summed E-state index contributed by atoms with van der Waals surface area (Å²) >= 11 is 1.65. The van der Waals surface area contributed by atoms with Crippen molar-refractivity contribution in [2.24, 2.45) is 0 Å². The van der Waals surface area contributed by atoms with Crippen LogP contribution in [0.25, 0.3) is 6.08 Å². The molecule has 0 unspecified atom stereocenters. The van der Waals surface area contributed by atoms with Crippen LogP contribution < -0.4 is 10.5 Å². The van der Waals surface area contributed by atoms with Crippen molar-refractivity contribution in [2.75, 3.05) is 12.8 Å². The molecule has 0 aliphatic rings. The zero-order chi connectivity index (χ0) is 13.8. The van der Waals surface area contributed by atoms with Crippen LogP contribution in [0.15, 0.2) is 36.4 Å². The Labute approximate surface area is 116 Å². The smallest absolute Gasteiger partial charge is 0.189 e. The minimum Gasteiger partial charge on any atom is -0.496 e. The van der Waals surface area contributed by atoms with E-state index in [1.54, 1.807) is 35.6 Å². The van der Waals surface area contributed by atoms with E-state index in [9.17, 15) is 4.79 Å². The fraction of sp³-hybridized carbons (Fsp3) is 0.133. The number of aryl methyl sites for hydroxylation is 1. The van der Waals surface area contributed by atoms with Gasteiger partial charge in [-0.3, -0.25) is 4.79 Å². The van der Waals surface area contributed by atoms with Crippen LogP contribution in [0.1, 0.15) is 20.1 Å². The molecule has 4 heteroatoms. The molecule has 2 aromatic rings. The molecule has 2 N–H and O–H groups in total. The number of hydrogen-bond acceptors (Lipinski definition) is 4. The minimum atomic E-state index is -0.0945. The molecule has 1 heterocycles. The average Bonchev–Trinajstić information content (AvgIpc) is 2.81. The molecule has 0 spiro atoms. The lowest BCUT2D eigenvalue weighted by Gasteiger charge is -2.06. The first-order chi connectivity index (χ1) is 9.10. The summed E-state index contributed by atoms with van der Waals surface area (Å²) in [6.45, 7) is 2.03. The van der Waals surface area contributed by atoms with E-state index in [0.29, 0.717) is 17.0 Å². The molecule has 1 aromatic carbocycles. The van der Waals surface area contributed by atoms with Gasteiger partial charge >= 0.3 is 0 Å². The van der Waals surface area contributed by atoms with Crippen LogP contribution in [0.5, 0.6) is 5.75 Å². The molecule has 0 atom stereocenters. The lowest BCUT2D eigenvalue weighted by atomic mass is 10.1. The van der Waals surface area contributed by atoms with Crippen molar-refractivity contribution in [2.45, 2.75) is 6.92 Å². The number of ether oxygens (including phenoxy) is 1. The molecule has 0 bridgehead atoms. The predicted octanol–water partition coefficient (Wildman–Crippen LogP) is 3.54. The van der Waals surface area contributed by atoms with Crippen LogP contribution in [0.3, 0.4) is 0 Å². The third-order valence-electron chi connectivity index (χ3n) is 2.65. The summed E-state index contributed by atoms with van der Waals surface area (Å²) in [7, 11) is 1.53. The van der Waals surface area contributed by atoms with Gasteiger partial charge in [-0.1, -0.05) is 0 Å². The Balaban J connectivity index is 2.22. The molecule has 0 radical (unpaired) electrons. The van der Waals surface area contributed by atoms with Gasteiger partial charge in [0.05, 0.1) is 12.7 Å². The number of anilines is 1. The van der Waals surface area contributed by atoms with Gasteiger partial charge in [0.1, 0.15) is 5.75 Å². The fourth-order valence-corrected chi connectivity index (χ4v) is 2.48. The summed E-state index contributed by atoms with van der Waals surface area (Å²) in [6.07, 6.45) is 3.37. The van der Waals surface area contributed by atoms with E-state index >= 15 is 0 Å². The maximum atomic E-state index is 12.1. The van der Waals surface area contributed by atoms with Crippen LogP contribution in [0.4, 0.5) is 5.69 Å². The van der Waals surface area contributed by atoms with Gasteiger partial charge in [0.25, 0.3) is 0 Å². The van der Waals surface area contributed by atoms with Gasteiger partial charge in [0, 0.05) is 21.5 Å². The van der Waals surface area contributed by atoms with Crippen molar-refractivity contribution in [1.82, 2.24) is 0 Å². The lowest BCUT2D eigenvalue weighted by molar-refractivity contribution is 0.104.